The summed E-state index contributed by atoms with van der Waals surface area (Å²) in [6.45, 7) is -0.137. The number of hydrogen-bond acceptors (Lipinski definition) is 7. The maximum Gasteiger partial charge on any atom is 0.561 e. The van der Waals surface area contributed by atoms with Crippen molar-refractivity contribution in [3.63, 3.8) is 0 Å². The van der Waals surface area contributed by atoms with Crippen molar-refractivity contribution in [3.8, 4) is 0 Å². The first kappa shape index (κ1) is 29.1. The van der Waals surface area contributed by atoms with Gasteiger partial charge < -0.3 is 9.47 Å². The number of aromatic nitrogens is 2. The fraction of sp³-hybridized carbons (Fsp3) is 0.389. The molecule has 18 heteroatoms. The van der Waals surface area contributed by atoms with Crippen molar-refractivity contribution < 1.29 is 65.4 Å². The minimum atomic E-state index is -7.35. The Hall–Kier alpha value is -3.15. The largest absolute Gasteiger partial charge is 0.561 e. The number of nitrogens with zero attached hydrogens (tertiary/aromatic N) is 2. The highest BCUT2D eigenvalue weighted by Gasteiger charge is 2.70. The van der Waals surface area contributed by atoms with Crippen molar-refractivity contribution in [2.45, 2.75) is 30.5 Å². The van der Waals surface area contributed by atoms with Gasteiger partial charge in [-0.2, -0.15) is 43.2 Å². The second kappa shape index (κ2) is 10.5. The fourth-order valence-electron chi connectivity index (χ4n) is 2.79. The summed E-state index contributed by atoms with van der Waals surface area (Å²) in [6, 6.07) is 6.91. The number of rotatable bonds is 8. The molecule has 2 aromatic rings. The Morgan fingerprint density at radius 3 is 1.94 bits per heavy atom. The van der Waals surface area contributed by atoms with E-state index < -0.39 is 71.3 Å². The molecule has 0 saturated carbocycles. The van der Waals surface area contributed by atoms with Crippen LogP contribution in [0.25, 0.3) is 0 Å². The van der Waals surface area contributed by atoms with Crippen LogP contribution in [0.4, 0.5) is 26.3 Å². The summed E-state index contributed by atoms with van der Waals surface area (Å²) in [7, 11) is -13.5. The lowest BCUT2D eigenvalue weighted by Gasteiger charge is -2.16. The molecule has 0 aliphatic rings. The number of imidazole rings is 1. The molecule has 0 spiro atoms. The highest BCUT2D eigenvalue weighted by Crippen LogP contribution is 2.34. The third-order valence-corrected chi connectivity index (χ3v) is 7.96. The van der Waals surface area contributed by atoms with Gasteiger partial charge in [0.15, 0.2) is 0 Å². The highest BCUT2D eigenvalue weighted by molar-refractivity contribution is 7.98. The number of benzene rings is 1. The van der Waals surface area contributed by atoms with Crippen LogP contribution in [0.3, 0.4) is 0 Å². The average molecular weight is 567 g/mol. The maximum absolute atomic E-state index is 13.5. The summed E-state index contributed by atoms with van der Waals surface area (Å²) < 4.78 is 139. The standard InChI is InChI=1S/C18H18F6N3O7S2/c1-3-33-16(28)13(14-25-9-10-26(14)2)15(34-11-12-7-5-4-6-8-12)27(35(29,30)17(19,20)21)36(31,32)18(22,23)24/h4-10,13H,3,11H2,1-2H3/q+1/p+1/t13-/m1/s1. The molecule has 1 atom stereocenters. The zero-order valence-corrected chi connectivity index (χ0v) is 20.0. The highest BCUT2D eigenvalue weighted by atomic mass is 32.3. The summed E-state index contributed by atoms with van der Waals surface area (Å²) in [5.74, 6) is -6.69. The van der Waals surface area contributed by atoms with Gasteiger partial charge in [0.1, 0.15) is 19.0 Å². The number of aromatic amines is 1. The lowest BCUT2D eigenvalue weighted by atomic mass is 10.1. The molecule has 0 aliphatic heterocycles. The van der Waals surface area contributed by atoms with Gasteiger partial charge in [-0.25, -0.2) is 9.55 Å². The molecule has 0 saturated heterocycles. The summed E-state index contributed by atoms with van der Waals surface area (Å²) in [5, 5.41) is 0. The van der Waals surface area contributed by atoms with Gasteiger partial charge in [-0.3, -0.25) is 4.79 Å². The second-order valence-electron chi connectivity index (χ2n) is 6.85. The third-order valence-electron chi connectivity index (χ3n) is 4.38. The topological polar surface area (TPSA) is 126 Å². The van der Waals surface area contributed by atoms with E-state index >= 15 is 0 Å². The molecule has 200 valence electrons. The Bertz CT molecular complexity index is 1290. The number of H-pyrrole nitrogens is 1. The lowest BCUT2D eigenvalue weighted by Crippen LogP contribution is -2.50. The molecule has 1 aromatic heterocycles. The normalized spacial score (nSPS) is 13.7. The maximum atomic E-state index is 13.5. The number of carbonyl (C=O) groups excluding carboxylic acids is 1. The average Bonchev–Trinajstić information content (AvgIpc) is 3.16. The molecular weight excluding hydrogens is 548 g/mol. The molecule has 0 bridgehead atoms. The van der Waals surface area contributed by atoms with E-state index in [-0.39, 0.29) is 5.56 Å². The van der Waals surface area contributed by atoms with E-state index in [1.165, 1.54) is 44.3 Å². The van der Waals surface area contributed by atoms with E-state index in [0.717, 1.165) is 17.0 Å². The SMILES string of the molecule is CCOC(=O)[C@@H](C(OCc1ccccc1)=[N+](S(=O)(=O)C(F)(F)F)S(=O)(=O)C(F)(F)F)c1[nH]cc[n+]1C. The Labute approximate surface area is 200 Å². The minimum absolute atomic E-state index is 0.0854. The van der Waals surface area contributed by atoms with Gasteiger partial charge in [0, 0.05) is 0 Å². The Morgan fingerprint density at radius 2 is 1.53 bits per heavy atom. The van der Waals surface area contributed by atoms with E-state index in [1.54, 1.807) is 0 Å². The lowest BCUT2D eigenvalue weighted by molar-refractivity contribution is -0.678. The third kappa shape index (κ3) is 5.80. The van der Waals surface area contributed by atoms with Crippen LogP contribution in [0.15, 0.2) is 42.7 Å². The van der Waals surface area contributed by atoms with Crippen LogP contribution in [0.2, 0.25) is 0 Å². The number of sulfonamides is 2. The molecule has 36 heavy (non-hydrogen) atoms. The molecule has 0 aliphatic carbocycles. The van der Waals surface area contributed by atoms with E-state index in [2.05, 4.69) is 4.98 Å². The van der Waals surface area contributed by atoms with Gasteiger partial charge in [-0.05, 0) is 12.5 Å². The number of nitrogens with one attached hydrogen (secondary N) is 1. The van der Waals surface area contributed by atoms with Crippen LogP contribution in [0, 0.1) is 0 Å². The molecule has 1 heterocycles. The smallest absolute Gasteiger partial charge is 0.465 e. The Balaban J connectivity index is 3.07. The van der Waals surface area contributed by atoms with Gasteiger partial charge >= 0.3 is 42.9 Å². The molecule has 0 unspecified atom stereocenters. The van der Waals surface area contributed by atoms with Crippen molar-refractivity contribution in [2.24, 2.45) is 7.05 Å². The predicted molar refractivity (Wildman–Crippen MR) is 108 cm³/mol. The van der Waals surface area contributed by atoms with Gasteiger partial charge in [0.25, 0.3) is 11.7 Å². The summed E-state index contributed by atoms with van der Waals surface area (Å²) >= 11 is 0. The van der Waals surface area contributed by atoms with Gasteiger partial charge in [-0.15, -0.1) is 0 Å². The van der Waals surface area contributed by atoms with Crippen molar-refractivity contribution in [2.75, 3.05) is 6.61 Å². The molecule has 2 rings (SSSR count). The molecule has 0 fully saturated rings. The quantitative estimate of drug-likeness (QED) is 0.170. The van der Waals surface area contributed by atoms with Crippen molar-refractivity contribution in [3.05, 3.63) is 54.1 Å². The van der Waals surface area contributed by atoms with Crippen LogP contribution in [-0.4, -0.2) is 54.7 Å². The molecular formula is C18H19F6N3O7S2+2. The van der Waals surface area contributed by atoms with Crippen LogP contribution < -0.4 is 4.57 Å². The first-order valence-corrected chi connectivity index (χ1v) is 12.5. The number of alkyl halides is 6. The monoisotopic (exact) mass is 567 g/mol. The summed E-state index contributed by atoms with van der Waals surface area (Å²) in [5.41, 5.74) is -13.0. The van der Waals surface area contributed by atoms with Gasteiger partial charge in [-0.1, -0.05) is 30.3 Å². The van der Waals surface area contributed by atoms with E-state index in [1.807, 2.05) is 0 Å². The Morgan fingerprint density at radius 1 is 1.00 bits per heavy atom. The van der Waals surface area contributed by atoms with E-state index in [0.29, 0.717) is 0 Å². The van der Waals surface area contributed by atoms with Crippen LogP contribution in [0.5, 0.6) is 0 Å². The first-order valence-electron chi connectivity index (χ1n) is 9.63. The van der Waals surface area contributed by atoms with Crippen LogP contribution in [-0.2, 0) is 48.0 Å². The molecule has 0 amide bonds. The number of carbonyl (C=O) groups is 1. The van der Waals surface area contributed by atoms with Crippen LogP contribution in [0.1, 0.15) is 24.2 Å². The molecule has 0 radical (unpaired) electrons. The second-order valence-corrected chi connectivity index (χ2v) is 10.6. The van der Waals surface area contributed by atoms with Crippen molar-refractivity contribution in [1.82, 2.24) is 4.98 Å². The van der Waals surface area contributed by atoms with Crippen molar-refractivity contribution >= 4 is 31.9 Å². The van der Waals surface area contributed by atoms with Crippen molar-refractivity contribution in [1.29, 1.82) is 0 Å². The number of hydrogen-bond donors (Lipinski definition) is 1. The number of esters is 1. The summed E-state index contributed by atoms with van der Waals surface area (Å²) in [4.78, 5) is 15.1. The van der Waals surface area contributed by atoms with E-state index in [9.17, 15) is 48.0 Å². The number of halogens is 6. The number of ether oxygens (including phenoxy) is 2. The zero-order valence-electron chi connectivity index (χ0n) is 18.4. The Kier molecular flexibility index (Phi) is 8.44. The number of aryl methyl sites for hydroxylation is 1. The first-order chi connectivity index (χ1) is 16.5. The van der Waals surface area contributed by atoms with Gasteiger partial charge in [0.05, 0.1) is 17.0 Å². The van der Waals surface area contributed by atoms with Crippen LogP contribution >= 0.6 is 0 Å². The zero-order chi connectivity index (χ0) is 27.5. The fourth-order valence-corrected chi connectivity index (χ4v) is 5.49. The molecule has 1 aromatic carbocycles. The summed E-state index contributed by atoms with van der Waals surface area (Å²) in [6.07, 6.45) is 2.26. The minimum Gasteiger partial charge on any atom is -0.465 e. The van der Waals surface area contributed by atoms with E-state index in [4.69, 9.17) is 9.47 Å². The van der Waals surface area contributed by atoms with Gasteiger partial charge in [0.2, 0.25) is 0 Å². The predicted octanol–water partition coefficient (Wildman–Crippen LogP) is 1.81. The molecule has 1 N–H and O–H groups in total. The molecule has 10 nitrogen and oxygen atoms in total.